The van der Waals surface area contributed by atoms with Gasteiger partial charge in [0.15, 0.2) is 12.3 Å². The van der Waals surface area contributed by atoms with Crippen molar-refractivity contribution in [2.24, 2.45) is 7.05 Å². The Morgan fingerprint density at radius 1 is 1.33 bits per heavy atom. The van der Waals surface area contributed by atoms with E-state index in [2.05, 4.69) is 10.1 Å². The van der Waals surface area contributed by atoms with Gasteiger partial charge in [-0.15, -0.1) is 0 Å². The highest BCUT2D eigenvalue weighted by Crippen LogP contribution is 2.29. The number of carbonyl (C=O) groups is 1. The van der Waals surface area contributed by atoms with E-state index in [1.54, 1.807) is 11.1 Å². The third-order valence-electron chi connectivity index (χ3n) is 4.59. The minimum absolute atomic E-state index is 0.103. The molecular weight excluding hydrogens is 351 g/mol. The van der Waals surface area contributed by atoms with Crippen LogP contribution in [0.25, 0.3) is 11.6 Å². The maximum absolute atomic E-state index is 12.9. The van der Waals surface area contributed by atoms with Gasteiger partial charge in [0, 0.05) is 37.8 Å². The van der Waals surface area contributed by atoms with E-state index >= 15 is 0 Å². The molecule has 0 fully saturated rings. The zero-order valence-corrected chi connectivity index (χ0v) is 15.1. The molecule has 1 aromatic carbocycles. The predicted octanol–water partition coefficient (Wildman–Crippen LogP) is 2.49. The highest BCUT2D eigenvalue weighted by Gasteiger charge is 2.29. The summed E-state index contributed by atoms with van der Waals surface area (Å²) in [5.74, 6) is 1.15. The maximum atomic E-state index is 12.9. The lowest BCUT2D eigenvalue weighted by Crippen LogP contribution is -2.39. The van der Waals surface area contributed by atoms with Crippen molar-refractivity contribution in [2.75, 3.05) is 13.2 Å². The van der Waals surface area contributed by atoms with Gasteiger partial charge in [0.2, 0.25) is 5.89 Å². The fourth-order valence-electron chi connectivity index (χ4n) is 3.21. The van der Waals surface area contributed by atoms with Crippen LogP contribution in [0.2, 0.25) is 0 Å². The maximum Gasteiger partial charge on any atom is 0.260 e. The van der Waals surface area contributed by atoms with Crippen LogP contribution in [-0.2, 0) is 24.8 Å². The number of fused-ring (bicyclic) bond motifs is 1. The minimum Gasteiger partial charge on any atom is -0.484 e. The number of aromatic nitrogens is 3. The summed E-state index contributed by atoms with van der Waals surface area (Å²) in [6.07, 6.45) is 2.35. The molecule has 8 heteroatoms. The first-order valence-electron chi connectivity index (χ1n) is 8.65. The van der Waals surface area contributed by atoms with E-state index < -0.39 is 0 Å². The molecule has 0 saturated carbocycles. The summed E-state index contributed by atoms with van der Waals surface area (Å²) in [7, 11) is 1.88. The summed E-state index contributed by atoms with van der Waals surface area (Å²) in [6, 6.07) is 5.60. The number of hydrogen-bond donors (Lipinski definition) is 0. The molecule has 0 radical (unpaired) electrons. The number of nitrogens with zero attached hydrogens (tertiary/aromatic N) is 4. The largest absolute Gasteiger partial charge is 0.484 e. The van der Waals surface area contributed by atoms with Crippen molar-refractivity contribution < 1.29 is 18.3 Å². The Balaban J connectivity index is 1.49. The number of ether oxygens (including phenoxy) is 1. The van der Waals surface area contributed by atoms with Crippen molar-refractivity contribution in [2.45, 2.75) is 19.9 Å². The second-order valence-corrected chi connectivity index (χ2v) is 6.48. The van der Waals surface area contributed by atoms with Crippen molar-refractivity contribution in [3.63, 3.8) is 0 Å². The highest BCUT2D eigenvalue weighted by atomic mass is 19.1. The number of benzene rings is 1. The number of amides is 1. The average Bonchev–Trinajstić information content (AvgIpc) is 3.24. The second kappa shape index (κ2) is 6.86. The van der Waals surface area contributed by atoms with Crippen molar-refractivity contribution >= 4 is 5.91 Å². The summed E-state index contributed by atoms with van der Waals surface area (Å²) < 4.78 is 25.9. The molecule has 0 saturated heterocycles. The third-order valence-corrected chi connectivity index (χ3v) is 4.59. The van der Waals surface area contributed by atoms with Crippen LogP contribution in [0.3, 0.4) is 0 Å². The van der Waals surface area contributed by atoms with E-state index in [9.17, 15) is 9.18 Å². The molecule has 27 heavy (non-hydrogen) atoms. The number of carbonyl (C=O) groups excluding carboxylic acids is 1. The second-order valence-electron chi connectivity index (χ2n) is 6.48. The molecule has 0 N–H and O–H groups in total. The molecule has 3 heterocycles. The summed E-state index contributed by atoms with van der Waals surface area (Å²) in [5.41, 5.74) is 2.68. The Morgan fingerprint density at radius 3 is 2.81 bits per heavy atom. The average molecular weight is 370 g/mol. The standard InChI is InChI=1S/C19H19FN4O3/c1-12-9-21-19(27-12)18-15-10-24(8-7-16(15)23(2)22-18)17(25)11-26-14-5-3-13(20)4-6-14/h3-6,9H,7-8,10-11H2,1-2H3. The Bertz CT molecular complexity index is 978. The number of aryl methyl sites for hydroxylation is 2. The fraction of sp³-hybridized carbons (Fsp3) is 0.316. The van der Waals surface area contributed by atoms with Crippen molar-refractivity contribution in [3.8, 4) is 17.3 Å². The molecule has 0 bridgehead atoms. The molecule has 0 spiro atoms. The van der Waals surface area contributed by atoms with Gasteiger partial charge < -0.3 is 14.1 Å². The molecule has 140 valence electrons. The molecule has 2 aromatic heterocycles. The lowest BCUT2D eigenvalue weighted by molar-refractivity contribution is -0.134. The molecule has 7 nitrogen and oxygen atoms in total. The van der Waals surface area contributed by atoms with E-state index in [4.69, 9.17) is 9.15 Å². The molecule has 4 rings (SSSR count). The van der Waals surface area contributed by atoms with Gasteiger partial charge in [-0.2, -0.15) is 5.10 Å². The lowest BCUT2D eigenvalue weighted by Gasteiger charge is -2.27. The predicted molar refractivity (Wildman–Crippen MR) is 94.5 cm³/mol. The van der Waals surface area contributed by atoms with Gasteiger partial charge in [0.1, 0.15) is 17.3 Å². The first-order chi connectivity index (χ1) is 13.0. The van der Waals surface area contributed by atoms with Gasteiger partial charge in [0.25, 0.3) is 5.91 Å². The quantitative estimate of drug-likeness (QED) is 0.705. The fourth-order valence-corrected chi connectivity index (χ4v) is 3.21. The zero-order valence-electron chi connectivity index (χ0n) is 15.1. The van der Waals surface area contributed by atoms with Gasteiger partial charge >= 0.3 is 0 Å². The molecule has 1 aliphatic heterocycles. The smallest absolute Gasteiger partial charge is 0.260 e. The van der Waals surface area contributed by atoms with Crippen LogP contribution in [0, 0.1) is 12.7 Å². The Morgan fingerprint density at radius 2 is 2.11 bits per heavy atom. The van der Waals surface area contributed by atoms with Crippen molar-refractivity contribution in [1.82, 2.24) is 19.7 Å². The van der Waals surface area contributed by atoms with Gasteiger partial charge in [0.05, 0.1) is 6.20 Å². The number of halogens is 1. The third kappa shape index (κ3) is 3.42. The Hall–Kier alpha value is -3.16. The molecule has 0 atom stereocenters. The van der Waals surface area contributed by atoms with E-state index in [1.165, 1.54) is 24.3 Å². The van der Waals surface area contributed by atoms with Crippen LogP contribution >= 0.6 is 0 Å². The molecule has 0 aliphatic carbocycles. The SMILES string of the molecule is Cc1cnc(-c2nn(C)c3c2CN(C(=O)COc2ccc(F)cc2)CC3)o1. The van der Waals surface area contributed by atoms with Crippen LogP contribution in [0.5, 0.6) is 5.75 Å². The van der Waals surface area contributed by atoms with Crippen LogP contribution in [0.4, 0.5) is 4.39 Å². The van der Waals surface area contributed by atoms with Crippen LogP contribution in [0.15, 0.2) is 34.9 Å². The first-order valence-corrected chi connectivity index (χ1v) is 8.65. The molecule has 1 amide bonds. The monoisotopic (exact) mass is 370 g/mol. The summed E-state index contributed by atoms with van der Waals surface area (Å²) in [6.45, 7) is 2.73. The highest BCUT2D eigenvalue weighted by molar-refractivity contribution is 5.78. The van der Waals surface area contributed by atoms with Crippen LogP contribution < -0.4 is 4.74 Å². The lowest BCUT2D eigenvalue weighted by atomic mass is 10.0. The van der Waals surface area contributed by atoms with E-state index in [1.807, 2.05) is 18.7 Å². The van der Waals surface area contributed by atoms with Crippen LogP contribution in [0.1, 0.15) is 17.0 Å². The normalized spacial score (nSPS) is 13.5. The molecule has 3 aromatic rings. The number of hydrogen-bond acceptors (Lipinski definition) is 5. The van der Waals surface area contributed by atoms with E-state index in [-0.39, 0.29) is 18.3 Å². The first kappa shape index (κ1) is 17.3. The number of oxazole rings is 1. The van der Waals surface area contributed by atoms with Gasteiger partial charge in [-0.05, 0) is 31.2 Å². The summed E-state index contributed by atoms with van der Waals surface area (Å²) in [4.78, 5) is 18.6. The number of rotatable bonds is 4. The van der Waals surface area contributed by atoms with Gasteiger partial charge in [-0.3, -0.25) is 9.48 Å². The Kier molecular flexibility index (Phi) is 4.39. The van der Waals surface area contributed by atoms with Crippen LogP contribution in [-0.4, -0.2) is 38.7 Å². The zero-order chi connectivity index (χ0) is 19.0. The van der Waals surface area contributed by atoms with Gasteiger partial charge in [-0.25, -0.2) is 9.37 Å². The van der Waals surface area contributed by atoms with E-state index in [0.29, 0.717) is 42.6 Å². The van der Waals surface area contributed by atoms with E-state index in [0.717, 1.165) is 11.3 Å². The minimum atomic E-state index is -0.344. The summed E-state index contributed by atoms with van der Waals surface area (Å²) in [5, 5.41) is 4.53. The van der Waals surface area contributed by atoms with Crippen molar-refractivity contribution in [3.05, 3.63) is 53.3 Å². The molecular formula is C19H19FN4O3. The summed E-state index contributed by atoms with van der Waals surface area (Å²) >= 11 is 0. The van der Waals surface area contributed by atoms with Gasteiger partial charge in [-0.1, -0.05) is 0 Å². The Labute approximate surface area is 155 Å². The molecule has 1 aliphatic rings. The van der Waals surface area contributed by atoms with Crippen molar-refractivity contribution in [1.29, 1.82) is 0 Å². The topological polar surface area (TPSA) is 73.4 Å². The molecule has 0 unspecified atom stereocenters.